The second-order valence-corrected chi connectivity index (χ2v) is 11.7. The van der Waals surface area contributed by atoms with Gasteiger partial charge in [0.05, 0.1) is 34.4 Å². The molecule has 44 heavy (non-hydrogen) atoms. The topological polar surface area (TPSA) is 74.9 Å². The minimum atomic E-state index is -0.334. The van der Waals surface area contributed by atoms with E-state index in [0.29, 0.717) is 46.0 Å². The number of fused-ring (bicyclic) bond motifs is 1. The average molecular weight is 706 g/mol. The van der Waals surface area contributed by atoms with Crippen molar-refractivity contribution in [3.63, 3.8) is 0 Å². The minimum absolute atomic E-state index is 0.0494. The van der Waals surface area contributed by atoms with Gasteiger partial charge in [-0.15, -0.1) is 0 Å². The highest BCUT2D eigenvalue weighted by atomic mass is 127. The molecule has 0 N–H and O–H groups in total. The highest BCUT2D eigenvalue weighted by Crippen LogP contribution is 2.36. The predicted octanol–water partition coefficient (Wildman–Crippen LogP) is 8.11. The lowest BCUT2D eigenvalue weighted by Crippen LogP contribution is -2.21. The predicted molar refractivity (Wildman–Crippen MR) is 181 cm³/mol. The first-order valence-corrected chi connectivity index (χ1v) is 15.4. The van der Waals surface area contributed by atoms with Gasteiger partial charge in [0.25, 0.3) is 5.56 Å². The third kappa shape index (κ3) is 6.47. The fraction of sp³-hybridized carbons (Fsp3) is 0.229. The molecule has 4 aromatic carbocycles. The first kappa shape index (κ1) is 31.2. The first-order chi connectivity index (χ1) is 21.2. The third-order valence-corrected chi connectivity index (χ3v) is 7.98. The molecular weight excluding hydrogens is 672 g/mol. The minimum Gasteiger partial charge on any atom is -0.494 e. The van der Waals surface area contributed by atoms with E-state index in [2.05, 4.69) is 41.5 Å². The molecule has 0 saturated heterocycles. The van der Waals surface area contributed by atoms with Crippen LogP contribution < -0.4 is 19.8 Å². The van der Waals surface area contributed by atoms with Gasteiger partial charge in [-0.05, 0) is 102 Å². The lowest BCUT2D eigenvalue weighted by molar-refractivity contribution is 0.277. The van der Waals surface area contributed by atoms with Gasteiger partial charge < -0.3 is 14.2 Å². The van der Waals surface area contributed by atoms with Crippen LogP contribution in [0.5, 0.6) is 17.2 Å². The monoisotopic (exact) mass is 705 g/mol. The fourth-order valence-corrected chi connectivity index (χ4v) is 5.70. The summed E-state index contributed by atoms with van der Waals surface area (Å²) in [5, 5.41) is 5.13. The Morgan fingerprint density at radius 3 is 2.50 bits per heavy atom. The van der Waals surface area contributed by atoms with Gasteiger partial charge in [0.2, 0.25) is 0 Å². The highest BCUT2D eigenvalue weighted by molar-refractivity contribution is 14.1. The number of benzene rings is 4. The van der Waals surface area contributed by atoms with Crippen molar-refractivity contribution >= 4 is 39.7 Å². The van der Waals surface area contributed by atoms with E-state index >= 15 is 0 Å². The Kier molecular flexibility index (Phi) is 9.63. The molecule has 0 spiro atoms. The molecule has 1 heterocycles. The van der Waals surface area contributed by atoms with Crippen LogP contribution in [0.4, 0.5) is 4.39 Å². The maximum absolute atomic E-state index is 14.2. The van der Waals surface area contributed by atoms with Crippen LogP contribution in [0.15, 0.2) is 82.7 Å². The number of aryl methyl sites for hydroxylation is 1. The Morgan fingerprint density at radius 2 is 1.77 bits per heavy atom. The summed E-state index contributed by atoms with van der Waals surface area (Å²) in [4.78, 5) is 18.8. The number of hydrogen-bond donors (Lipinski definition) is 0. The summed E-state index contributed by atoms with van der Waals surface area (Å²) in [5.74, 6) is 2.06. The zero-order chi connectivity index (χ0) is 31.4. The molecule has 0 aliphatic heterocycles. The van der Waals surface area contributed by atoms with E-state index in [1.54, 1.807) is 43.7 Å². The fourth-order valence-electron chi connectivity index (χ4n) is 4.92. The highest BCUT2D eigenvalue weighted by Gasteiger charge is 2.19. The summed E-state index contributed by atoms with van der Waals surface area (Å²) in [6.45, 7) is 8.75. The molecule has 0 unspecified atom stereocenters. The number of nitrogens with zero attached hydrogens (tertiary/aromatic N) is 3. The summed E-state index contributed by atoms with van der Waals surface area (Å²) in [5.41, 5.74) is 4.16. The molecule has 9 heteroatoms. The maximum atomic E-state index is 14.2. The summed E-state index contributed by atoms with van der Waals surface area (Å²) in [6.07, 6.45) is 1.60. The van der Waals surface area contributed by atoms with Crippen molar-refractivity contribution in [2.75, 3.05) is 13.7 Å². The molecule has 0 atom stereocenters. The van der Waals surface area contributed by atoms with Crippen LogP contribution >= 0.6 is 22.6 Å². The molecular formula is C35H33FIN3O4. The summed E-state index contributed by atoms with van der Waals surface area (Å²) >= 11 is 2.15. The Labute approximate surface area is 269 Å². The van der Waals surface area contributed by atoms with Crippen molar-refractivity contribution in [1.82, 2.24) is 9.66 Å². The number of para-hydroxylation sites is 1. The van der Waals surface area contributed by atoms with Crippen molar-refractivity contribution in [3.8, 4) is 28.6 Å². The first-order valence-electron chi connectivity index (χ1n) is 14.3. The van der Waals surface area contributed by atoms with Crippen LogP contribution in [0.1, 0.15) is 48.9 Å². The Hall–Kier alpha value is -4.25. The number of ether oxygens (including phenoxy) is 3. The van der Waals surface area contributed by atoms with Gasteiger partial charge >= 0.3 is 0 Å². The van der Waals surface area contributed by atoms with Crippen LogP contribution in [0.25, 0.3) is 22.3 Å². The van der Waals surface area contributed by atoms with E-state index < -0.39 is 0 Å². The molecule has 226 valence electrons. The van der Waals surface area contributed by atoms with Crippen molar-refractivity contribution in [2.45, 2.75) is 40.2 Å². The lowest BCUT2D eigenvalue weighted by atomic mass is 9.96. The lowest BCUT2D eigenvalue weighted by Gasteiger charge is -2.18. The van der Waals surface area contributed by atoms with E-state index in [-0.39, 0.29) is 23.9 Å². The standard InChI is InChI=1S/C35H33FIN3O4/c1-6-43-31-15-22(4)27(18-26(31)21(2)3)34-39-30-14-10-8-12-25(30)35(41)40(34)38-19-23-16-29(37)33(32(17-23)42-5)44-20-24-11-7-9-13-28(24)36/h7-19,21H,6,20H2,1-5H3. The number of methoxy groups -OCH3 is 1. The molecule has 0 aliphatic rings. The van der Waals surface area contributed by atoms with E-state index in [4.69, 9.17) is 19.2 Å². The van der Waals surface area contributed by atoms with Gasteiger partial charge in [0.15, 0.2) is 17.3 Å². The van der Waals surface area contributed by atoms with Gasteiger partial charge in [-0.2, -0.15) is 9.78 Å². The van der Waals surface area contributed by atoms with Gasteiger partial charge in [-0.3, -0.25) is 4.79 Å². The number of hydrogen-bond acceptors (Lipinski definition) is 6. The van der Waals surface area contributed by atoms with Crippen LogP contribution in [-0.2, 0) is 6.61 Å². The quantitative estimate of drug-likeness (QED) is 0.109. The van der Waals surface area contributed by atoms with Gasteiger partial charge in [0.1, 0.15) is 18.2 Å². The summed E-state index contributed by atoms with van der Waals surface area (Å²) in [6, 6.07) is 21.4. The van der Waals surface area contributed by atoms with Crippen LogP contribution in [-0.4, -0.2) is 29.6 Å². The van der Waals surface area contributed by atoms with E-state index in [1.165, 1.54) is 10.7 Å². The Bertz CT molecular complexity index is 1920. The molecule has 5 aromatic rings. The molecule has 7 nitrogen and oxygen atoms in total. The molecule has 0 fully saturated rings. The second-order valence-electron chi connectivity index (χ2n) is 10.5. The largest absolute Gasteiger partial charge is 0.494 e. The summed E-state index contributed by atoms with van der Waals surface area (Å²) < 4.78 is 33.8. The van der Waals surface area contributed by atoms with Crippen molar-refractivity contribution in [2.24, 2.45) is 5.10 Å². The number of aromatic nitrogens is 2. The molecule has 0 amide bonds. The van der Waals surface area contributed by atoms with E-state index in [0.717, 1.165) is 26.0 Å². The van der Waals surface area contributed by atoms with Crippen molar-refractivity contribution < 1.29 is 18.6 Å². The molecule has 0 bridgehead atoms. The number of halogens is 2. The van der Waals surface area contributed by atoms with Crippen LogP contribution in [0, 0.1) is 16.3 Å². The second kappa shape index (κ2) is 13.6. The van der Waals surface area contributed by atoms with Crippen molar-refractivity contribution in [3.05, 3.63) is 115 Å². The zero-order valence-corrected chi connectivity index (χ0v) is 27.4. The molecule has 0 aliphatic carbocycles. The van der Waals surface area contributed by atoms with Crippen molar-refractivity contribution in [1.29, 1.82) is 0 Å². The smallest absolute Gasteiger partial charge is 0.282 e. The Morgan fingerprint density at radius 1 is 1.02 bits per heavy atom. The molecule has 1 aromatic heterocycles. The molecule has 0 saturated carbocycles. The Balaban J connectivity index is 1.59. The third-order valence-electron chi connectivity index (χ3n) is 7.18. The van der Waals surface area contributed by atoms with Gasteiger partial charge in [-0.1, -0.05) is 44.2 Å². The molecule has 5 rings (SSSR count). The van der Waals surface area contributed by atoms with Crippen LogP contribution in [0.3, 0.4) is 0 Å². The normalized spacial score (nSPS) is 11.5. The van der Waals surface area contributed by atoms with Crippen LogP contribution in [0.2, 0.25) is 0 Å². The average Bonchev–Trinajstić information content (AvgIpc) is 3.00. The molecule has 0 radical (unpaired) electrons. The van der Waals surface area contributed by atoms with Gasteiger partial charge in [-0.25, -0.2) is 9.37 Å². The van der Waals surface area contributed by atoms with E-state index in [9.17, 15) is 9.18 Å². The number of rotatable bonds is 10. The maximum Gasteiger partial charge on any atom is 0.282 e. The SMILES string of the molecule is CCOc1cc(C)c(-c2nc3ccccc3c(=O)n2N=Cc2cc(I)c(OCc3ccccc3F)c(OC)c2)cc1C(C)C. The van der Waals surface area contributed by atoms with Gasteiger partial charge in [0, 0.05) is 11.1 Å². The summed E-state index contributed by atoms with van der Waals surface area (Å²) in [7, 11) is 1.54. The van der Waals surface area contributed by atoms with E-state index in [1.807, 2.05) is 50.2 Å². The zero-order valence-electron chi connectivity index (χ0n) is 25.2.